The highest BCUT2D eigenvalue weighted by molar-refractivity contribution is 7.89. The topological polar surface area (TPSA) is 61.2 Å². The Bertz CT molecular complexity index is 610. The minimum atomic E-state index is -3.75. The predicted molar refractivity (Wildman–Crippen MR) is 76.0 cm³/mol. The zero-order chi connectivity index (χ0) is 14.8. The van der Waals surface area contributed by atoms with Crippen LogP contribution in [0, 0.1) is 25.2 Å². The van der Waals surface area contributed by atoms with Gasteiger partial charge >= 0.3 is 0 Å². The van der Waals surface area contributed by atoms with Crippen LogP contribution in [-0.4, -0.2) is 26.3 Å². The SMILES string of the molecule is Cc1cc(Cl)c(C)c(S(=O)(=O)N(C)CCC#N)c1Cl. The second-order valence-electron chi connectivity index (χ2n) is 4.18. The molecule has 0 aliphatic rings. The van der Waals surface area contributed by atoms with E-state index in [0.717, 1.165) is 4.31 Å². The number of nitriles is 1. The van der Waals surface area contributed by atoms with E-state index < -0.39 is 10.0 Å². The molecule has 1 aromatic rings. The van der Waals surface area contributed by atoms with E-state index in [1.54, 1.807) is 19.9 Å². The van der Waals surface area contributed by atoms with Crippen molar-refractivity contribution in [3.63, 3.8) is 0 Å². The average molecular weight is 321 g/mol. The molecule has 0 bridgehead atoms. The van der Waals surface area contributed by atoms with Crippen LogP contribution in [-0.2, 0) is 10.0 Å². The smallest absolute Gasteiger partial charge is 0.207 e. The largest absolute Gasteiger partial charge is 0.244 e. The van der Waals surface area contributed by atoms with Crippen molar-refractivity contribution in [2.45, 2.75) is 25.2 Å². The Balaban J connectivity index is 3.42. The van der Waals surface area contributed by atoms with Crippen molar-refractivity contribution in [2.75, 3.05) is 13.6 Å². The fraction of sp³-hybridized carbons (Fsp3) is 0.417. The third-order valence-corrected chi connectivity index (χ3v) is 5.82. The van der Waals surface area contributed by atoms with Crippen molar-refractivity contribution in [1.29, 1.82) is 5.26 Å². The Morgan fingerprint density at radius 2 is 1.95 bits per heavy atom. The fourth-order valence-electron chi connectivity index (χ4n) is 1.60. The molecule has 0 N–H and O–H groups in total. The molecule has 7 heteroatoms. The number of halogens is 2. The van der Waals surface area contributed by atoms with E-state index >= 15 is 0 Å². The molecule has 0 aromatic heterocycles. The maximum atomic E-state index is 12.5. The van der Waals surface area contributed by atoms with Crippen LogP contribution in [0.4, 0.5) is 0 Å². The van der Waals surface area contributed by atoms with E-state index in [-0.39, 0.29) is 22.9 Å². The molecule has 0 aliphatic heterocycles. The van der Waals surface area contributed by atoms with Crippen LogP contribution in [0.2, 0.25) is 10.0 Å². The van der Waals surface area contributed by atoms with Gasteiger partial charge in [0, 0.05) is 25.0 Å². The second-order valence-corrected chi connectivity index (χ2v) is 6.94. The van der Waals surface area contributed by atoms with Crippen molar-refractivity contribution in [1.82, 2.24) is 4.31 Å². The Labute approximate surface area is 123 Å². The first-order valence-corrected chi connectivity index (χ1v) is 7.71. The number of sulfonamides is 1. The zero-order valence-electron chi connectivity index (χ0n) is 10.9. The fourth-order valence-corrected chi connectivity index (χ4v) is 3.93. The van der Waals surface area contributed by atoms with Crippen LogP contribution >= 0.6 is 23.2 Å². The molecular formula is C12H14Cl2N2O2S. The summed E-state index contributed by atoms with van der Waals surface area (Å²) in [6.45, 7) is 3.42. The minimum Gasteiger partial charge on any atom is -0.207 e. The molecule has 0 unspecified atom stereocenters. The molecule has 19 heavy (non-hydrogen) atoms. The van der Waals surface area contributed by atoms with Gasteiger partial charge in [-0.05, 0) is 31.0 Å². The van der Waals surface area contributed by atoms with Gasteiger partial charge in [0.1, 0.15) is 4.90 Å². The molecule has 0 saturated heterocycles. The van der Waals surface area contributed by atoms with Gasteiger partial charge in [0.05, 0.1) is 11.1 Å². The van der Waals surface area contributed by atoms with Crippen molar-refractivity contribution in [3.8, 4) is 6.07 Å². The summed E-state index contributed by atoms with van der Waals surface area (Å²) in [4.78, 5) is 0.0135. The van der Waals surface area contributed by atoms with Crippen LogP contribution in [0.15, 0.2) is 11.0 Å². The lowest BCUT2D eigenvalue weighted by Gasteiger charge is -2.19. The maximum absolute atomic E-state index is 12.5. The summed E-state index contributed by atoms with van der Waals surface area (Å²) in [7, 11) is -2.34. The van der Waals surface area contributed by atoms with Crippen molar-refractivity contribution < 1.29 is 8.42 Å². The Morgan fingerprint density at radius 1 is 1.37 bits per heavy atom. The molecule has 0 atom stereocenters. The first kappa shape index (κ1) is 16.3. The van der Waals surface area contributed by atoms with Crippen LogP contribution in [0.1, 0.15) is 17.5 Å². The second kappa shape index (κ2) is 6.10. The molecular weight excluding hydrogens is 307 g/mol. The van der Waals surface area contributed by atoms with Crippen molar-refractivity contribution in [2.24, 2.45) is 0 Å². The molecule has 0 radical (unpaired) electrons. The van der Waals surface area contributed by atoms with Crippen molar-refractivity contribution >= 4 is 33.2 Å². The molecule has 104 valence electrons. The number of benzene rings is 1. The molecule has 0 amide bonds. The maximum Gasteiger partial charge on any atom is 0.244 e. The summed E-state index contributed by atoms with van der Waals surface area (Å²) in [5, 5.41) is 9.06. The lowest BCUT2D eigenvalue weighted by molar-refractivity contribution is 0.476. The summed E-state index contributed by atoms with van der Waals surface area (Å²) < 4.78 is 26.0. The monoisotopic (exact) mass is 320 g/mol. The first-order chi connectivity index (χ1) is 8.73. The minimum absolute atomic E-state index is 0.0135. The highest BCUT2D eigenvalue weighted by Gasteiger charge is 2.27. The van der Waals surface area contributed by atoms with Gasteiger partial charge in [-0.15, -0.1) is 0 Å². The van der Waals surface area contributed by atoms with Gasteiger partial charge in [0.2, 0.25) is 10.0 Å². The van der Waals surface area contributed by atoms with E-state index in [1.807, 2.05) is 6.07 Å². The summed E-state index contributed by atoms with van der Waals surface area (Å²) >= 11 is 12.1. The van der Waals surface area contributed by atoms with Gasteiger partial charge < -0.3 is 0 Å². The van der Waals surface area contributed by atoms with Gasteiger partial charge in [0.25, 0.3) is 0 Å². The van der Waals surface area contributed by atoms with Crippen molar-refractivity contribution in [3.05, 3.63) is 27.2 Å². The lowest BCUT2D eigenvalue weighted by atomic mass is 10.2. The Kier molecular flexibility index (Phi) is 5.22. The number of hydrogen-bond donors (Lipinski definition) is 0. The average Bonchev–Trinajstić information content (AvgIpc) is 2.33. The number of aryl methyl sites for hydroxylation is 1. The normalized spacial score (nSPS) is 11.6. The molecule has 0 saturated carbocycles. The summed E-state index contributed by atoms with van der Waals surface area (Å²) in [5.74, 6) is 0. The quantitative estimate of drug-likeness (QED) is 0.856. The highest BCUT2D eigenvalue weighted by atomic mass is 35.5. The summed E-state index contributed by atoms with van der Waals surface area (Å²) in [5.41, 5.74) is 1.02. The number of nitrogens with zero attached hydrogens (tertiary/aromatic N) is 2. The number of rotatable bonds is 4. The molecule has 4 nitrogen and oxygen atoms in total. The molecule has 0 aliphatic carbocycles. The highest BCUT2D eigenvalue weighted by Crippen LogP contribution is 2.34. The van der Waals surface area contributed by atoms with E-state index in [4.69, 9.17) is 28.5 Å². The van der Waals surface area contributed by atoms with E-state index in [2.05, 4.69) is 0 Å². The molecule has 1 rings (SSSR count). The van der Waals surface area contributed by atoms with Gasteiger partial charge in [-0.1, -0.05) is 23.2 Å². The molecule has 0 heterocycles. The third-order valence-electron chi connectivity index (χ3n) is 2.79. The van der Waals surface area contributed by atoms with Crippen LogP contribution in [0.25, 0.3) is 0 Å². The van der Waals surface area contributed by atoms with Gasteiger partial charge in [-0.3, -0.25) is 0 Å². The van der Waals surface area contributed by atoms with E-state index in [0.29, 0.717) is 16.1 Å². The van der Waals surface area contributed by atoms with Crippen LogP contribution < -0.4 is 0 Å². The zero-order valence-corrected chi connectivity index (χ0v) is 13.2. The number of hydrogen-bond acceptors (Lipinski definition) is 3. The summed E-state index contributed by atoms with van der Waals surface area (Å²) in [6.07, 6.45) is 0.117. The Morgan fingerprint density at radius 3 is 2.47 bits per heavy atom. The predicted octanol–water partition coefficient (Wildman–Crippen LogP) is 3.14. The van der Waals surface area contributed by atoms with Crippen LogP contribution in [0.5, 0.6) is 0 Å². The Hall–Kier alpha value is -0.800. The lowest BCUT2D eigenvalue weighted by Crippen LogP contribution is -2.28. The van der Waals surface area contributed by atoms with E-state index in [9.17, 15) is 8.42 Å². The van der Waals surface area contributed by atoms with Gasteiger partial charge in [0.15, 0.2) is 0 Å². The standard InChI is InChI=1S/C12H14Cl2N2O2S/c1-8-7-10(13)9(2)12(11(8)14)19(17,18)16(3)6-4-5-15/h7H,4,6H2,1-3H3. The third kappa shape index (κ3) is 3.21. The molecule has 0 fully saturated rings. The van der Waals surface area contributed by atoms with Gasteiger partial charge in [-0.2, -0.15) is 9.57 Å². The molecule has 1 aromatic carbocycles. The van der Waals surface area contributed by atoms with E-state index in [1.165, 1.54) is 7.05 Å². The first-order valence-electron chi connectivity index (χ1n) is 5.52. The van der Waals surface area contributed by atoms with Gasteiger partial charge in [-0.25, -0.2) is 8.42 Å². The molecule has 0 spiro atoms. The summed E-state index contributed by atoms with van der Waals surface area (Å²) in [6, 6.07) is 3.54. The van der Waals surface area contributed by atoms with Crippen LogP contribution in [0.3, 0.4) is 0 Å².